The number of imide groups is 1. The van der Waals surface area contributed by atoms with E-state index in [4.69, 9.17) is 0 Å². The SMILES string of the molecule is CC(NC(=O)C(C)(C)C)C(=O)N1CC(=O)NC(=O)C1(C)C. The fourth-order valence-corrected chi connectivity index (χ4v) is 1.84. The normalized spacial score (nSPS) is 19.8. The van der Waals surface area contributed by atoms with Crippen molar-refractivity contribution in [2.24, 2.45) is 5.41 Å². The minimum absolute atomic E-state index is 0.201. The van der Waals surface area contributed by atoms with Crippen LogP contribution in [0.15, 0.2) is 0 Å². The Morgan fingerprint density at radius 1 is 1.29 bits per heavy atom. The summed E-state index contributed by atoms with van der Waals surface area (Å²) in [5, 5.41) is 4.81. The van der Waals surface area contributed by atoms with Crippen molar-refractivity contribution >= 4 is 23.6 Å². The smallest absolute Gasteiger partial charge is 0.252 e. The van der Waals surface area contributed by atoms with E-state index in [1.54, 1.807) is 41.5 Å². The molecule has 0 aromatic carbocycles. The van der Waals surface area contributed by atoms with Gasteiger partial charge in [0.05, 0.1) is 0 Å². The van der Waals surface area contributed by atoms with Gasteiger partial charge in [-0.15, -0.1) is 0 Å². The van der Waals surface area contributed by atoms with Crippen molar-refractivity contribution in [3.63, 3.8) is 0 Å². The topological polar surface area (TPSA) is 95.6 Å². The van der Waals surface area contributed by atoms with Crippen molar-refractivity contribution in [1.82, 2.24) is 15.5 Å². The van der Waals surface area contributed by atoms with Crippen molar-refractivity contribution in [2.75, 3.05) is 6.54 Å². The van der Waals surface area contributed by atoms with Crippen LogP contribution in [-0.2, 0) is 19.2 Å². The van der Waals surface area contributed by atoms with Crippen LogP contribution in [0.5, 0.6) is 0 Å². The van der Waals surface area contributed by atoms with Gasteiger partial charge in [0.1, 0.15) is 18.1 Å². The molecule has 1 unspecified atom stereocenters. The van der Waals surface area contributed by atoms with E-state index in [2.05, 4.69) is 10.6 Å². The van der Waals surface area contributed by atoms with Gasteiger partial charge in [0.15, 0.2) is 0 Å². The molecule has 1 rings (SSSR count). The lowest BCUT2D eigenvalue weighted by Crippen LogP contribution is -2.67. The zero-order chi connectivity index (χ0) is 16.6. The summed E-state index contributed by atoms with van der Waals surface area (Å²) in [6.45, 7) is 9.67. The van der Waals surface area contributed by atoms with Gasteiger partial charge in [0.2, 0.25) is 17.7 Å². The molecule has 0 aliphatic carbocycles. The largest absolute Gasteiger partial charge is 0.344 e. The van der Waals surface area contributed by atoms with Gasteiger partial charge in [-0.05, 0) is 20.8 Å². The number of amides is 4. The number of hydrogen-bond donors (Lipinski definition) is 2. The molecule has 0 aromatic heterocycles. The molecule has 21 heavy (non-hydrogen) atoms. The second-order valence-electron chi connectivity index (χ2n) is 6.81. The van der Waals surface area contributed by atoms with Crippen LogP contribution in [0.4, 0.5) is 0 Å². The summed E-state index contributed by atoms with van der Waals surface area (Å²) in [5.41, 5.74) is -1.76. The first-order chi connectivity index (χ1) is 9.37. The number of hydrogen-bond acceptors (Lipinski definition) is 4. The molecule has 1 heterocycles. The van der Waals surface area contributed by atoms with Crippen LogP contribution >= 0.6 is 0 Å². The first-order valence-corrected chi connectivity index (χ1v) is 6.84. The van der Waals surface area contributed by atoms with Crippen LogP contribution in [0.1, 0.15) is 41.5 Å². The lowest BCUT2D eigenvalue weighted by molar-refractivity contribution is -0.156. The Morgan fingerprint density at radius 2 is 1.81 bits per heavy atom. The minimum Gasteiger partial charge on any atom is -0.344 e. The average molecular weight is 297 g/mol. The molecular weight excluding hydrogens is 274 g/mol. The van der Waals surface area contributed by atoms with E-state index >= 15 is 0 Å². The van der Waals surface area contributed by atoms with E-state index in [1.165, 1.54) is 4.90 Å². The van der Waals surface area contributed by atoms with E-state index in [9.17, 15) is 19.2 Å². The van der Waals surface area contributed by atoms with Crippen molar-refractivity contribution < 1.29 is 19.2 Å². The number of nitrogens with zero attached hydrogens (tertiary/aromatic N) is 1. The summed E-state index contributed by atoms with van der Waals surface area (Å²) in [5.74, 6) is -1.78. The molecule has 7 nitrogen and oxygen atoms in total. The van der Waals surface area contributed by atoms with Gasteiger partial charge in [-0.25, -0.2) is 0 Å². The Bertz CT molecular complexity index is 491. The third-order valence-electron chi connectivity index (χ3n) is 3.45. The van der Waals surface area contributed by atoms with Gasteiger partial charge in [-0.2, -0.15) is 0 Å². The van der Waals surface area contributed by atoms with E-state index in [0.29, 0.717) is 0 Å². The predicted octanol–water partition coefficient (Wildman–Crippen LogP) is -0.199. The van der Waals surface area contributed by atoms with Gasteiger partial charge in [-0.1, -0.05) is 20.8 Å². The highest BCUT2D eigenvalue weighted by Gasteiger charge is 2.44. The minimum atomic E-state index is -1.13. The first kappa shape index (κ1) is 17.1. The predicted molar refractivity (Wildman–Crippen MR) is 76.0 cm³/mol. The van der Waals surface area contributed by atoms with Gasteiger partial charge < -0.3 is 10.2 Å². The van der Waals surface area contributed by atoms with Gasteiger partial charge in [-0.3, -0.25) is 24.5 Å². The molecule has 0 spiro atoms. The molecule has 1 fully saturated rings. The zero-order valence-corrected chi connectivity index (χ0v) is 13.4. The van der Waals surface area contributed by atoms with Crippen LogP contribution < -0.4 is 10.6 Å². The molecule has 7 heteroatoms. The van der Waals surface area contributed by atoms with Crippen molar-refractivity contribution in [3.05, 3.63) is 0 Å². The maximum Gasteiger partial charge on any atom is 0.252 e. The van der Waals surface area contributed by atoms with E-state index < -0.39 is 34.7 Å². The molecular formula is C14H23N3O4. The van der Waals surface area contributed by atoms with Crippen molar-refractivity contribution in [2.45, 2.75) is 53.1 Å². The van der Waals surface area contributed by atoms with E-state index in [-0.39, 0.29) is 12.5 Å². The first-order valence-electron chi connectivity index (χ1n) is 6.84. The average Bonchev–Trinajstić information content (AvgIpc) is 2.31. The fourth-order valence-electron chi connectivity index (χ4n) is 1.84. The van der Waals surface area contributed by atoms with Crippen LogP contribution in [0.2, 0.25) is 0 Å². The summed E-state index contributed by atoms with van der Waals surface area (Å²) in [6.07, 6.45) is 0. The molecule has 118 valence electrons. The summed E-state index contributed by atoms with van der Waals surface area (Å²) in [4.78, 5) is 48.9. The maximum atomic E-state index is 12.4. The molecule has 1 saturated heterocycles. The molecule has 0 saturated carbocycles. The highest BCUT2D eigenvalue weighted by atomic mass is 16.2. The third kappa shape index (κ3) is 3.59. The van der Waals surface area contributed by atoms with Crippen LogP contribution in [0.3, 0.4) is 0 Å². The molecule has 1 atom stereocenters. The molecule has 2 N–H and O–H groups in total. The molecule has 4 amide bonds. The molecule has 1 aliphatic heterocycles. The number of nitrogens with one attached hydrogen (secondary N) is 2. The lowest BCUT2D eigenvalue weighted by Gasteiger charge is -2.41. The Morgan fingerprint density at radius 3 is 2.29 bits per heavy atom. The molecule has 1 aliphatic rings. The Hall–Kier alpha value is -1.92. The summed E-state index contributed by atoms with van der Waals surface area (Å²) in [6, 6.07) is -0.810. The Balaban J connectivity index is 2.88. The van der Waals surface area contributed by atoms with Crippen LogP contribution in [0, 0.1) is 5.41 Å². The zero-order valence-electron chi connectivity index (χ0n) is 13.4. The maximum absolute atomic E-state index is 12.4. The van der Waals surface area contributed by atoms with Crippen molar-refractivity contribution in [1.29, 1.82) is 0 Å². The third-order valence-corrected chi connectivity index (χ3v) is 3.45. The van der Waals surface area contributed by atoms with E-state index in [0.717, 1.165) is 0 Å². The van der Waals surface area contributed by atoms with Gasteiger partial charge in [0.25, 0.3) is 5.91 Å². The quantitative estimate of drug-likeness (QED) is 0.690. The number of piperazine rings is 1. The number of carbonyl (C=O) groups is 4. The summed E-state index contributed by atoms with van der Waals surface area (Å²) in [7, 11) is 0. The lowest BCUT2D eigenvalue weighted by atomic mass is 9.94. The second-order valence-corrected chi connectivity index (χ2v) is 6.81. The summed E-state index contributed by atoms with van der Waals surface area (Å²) >= 11 is 0. The Labute approximate surface area is 124 Å². The number of carbonyl (C=O) groups excluding carboxylic acids is 4. The number of rotatable bonds is 2. The fraction of sp³-hybridized carbons (Fsp3) is 0.714. The van der Waals surface area contributed by atoms with Crippen LogP contribution in [-0.4, -0.2) is 46.7 Å². The van der Waals surface area contributed by atoms with Crippen LogP contribution in [0.25, 0.3) is 0 Å². The Kier molecular flexibility index (Phi) is 4.45. The van der Waals surface area contributed by atoms with Crippen molar-refractivity contribution in [3.8, 4) is 0 Å². The standard InChI is InChI=1S/C14H23N3O4/c1-8(15-11(20)13(2,3)4)10(19)17-7-9(18)16-12(21)14(17,5)6/h8H,7H2,1-6H3,(H,15,20)(H,16,18,21). The highest BCUT2D eigenvalue weighted by Crippen LogP contribution is 2.20. The second kappa shape index (κ2) is 5.46. The molecule has 0 aromatic rings. The van der Waals surface area contributed by atoms with E-state index in [1.807, 2.05) is 0 Å². The highest BCUT2D eigenvalue weighted by molar-refractivity contribution is 6.07. The molecule has 0 radical (unpaired) electrons. The summed E-state index contributed by atoms with van der Waals surface area (Å²) < 4.78 is 0. The van der Waals surface area contributed by atoms with Gasteiger partial charge >= 0.3 is 0 Å². The van der Waals surface area contributed by atoms with Gasteiger partial charge in [0, 0.05) is 5.41 Å². The monoisotopic (exact) mass is 297 g/mol. The molecule has 0 bridgehead atoms.